The van der Waals surface area contributed by atoms with E-state index in [0.717, 1.165) is 15.8 Å². The van der Waals surface area contributed by atoms with E-state index in [2.05, 4.69) is 4.98 Å². The first-order valence-electron chi connectivity index (χ1n) is 8.40. The van der Waals surface area contributed by atoms with E-state index in [1.807, 2.05) is 28.8 Å². The molecule has 140 valence electrons. The number of aryl methyl sites for hydroxylation is 1. The van der Waals surface area contributed by atoms with Crippen molar-refractivity contribution < 1.29 is 9.84 Å². The number of aromatic nitrogens is 5. The molecule has 0 atom stereocenters. The third kappa shape index (κ3) is 2.39. The van der Waals surface area contributed by atoms with Crippen LogP contribution in [0, 0.1) is 0 Å². The van der Waals surface area contributed by atoms with Crippen molar-refractivity contribution in [3.05, 3.63) is 51.3 Å². The molecule has 9 heteroatoms. The Morgan fingerprint density at radius 1 is 1.19 bits per heavy atom. The van der Waals surface area contributed by atoms with E-state index in [9.17, 15) is 14.7 Å². The monoisotopic (exact) mass is 369 g/mol. The molecule has 0 radical (unpaired) electrons. The van der Waals surface area contributed by atoms with Crippen LogP contribution in [-0.2, 0) is 20.6 Å². The lowest BCUT2D eigenvalue weighted by molar-refractivity contribution is 0.278. The maximum absolute atomic E-state index is 12.7. The van der Waals surface area contributed by atoms with Crippen molar-refractivity contribution in [2.24, 2.45) is 14.1 Å². The van der Waals surface area contributed by atoms with Gasteiger partial charge in [0.1, 0.15) is 5.75 Å². The summed E-state index contributed by atoms with van der Waals surface area (Å²) in [4.78, 5) is 29.4. The molecule has 0 bridgehead atoms. The molecule has 0 saturated heterocycles. The van der Waals surface area contributed by atoms with E-state index >= 15 is 0 Å². The summed E-state index contributed by atoms with van der Waals surface area (Å²) in [5.41, 5.74) is 1.41. The molecule has 9 nitrogen and oxygen atoms in total. The second-order valence-electron chi connectivity index (χ2n) is 6.28. The molecule has 0 aliphatic heterocycles. The summed E-state index contributed by atoms with van der Waals surface area (Å²) >= 11 is 0. The predicted octanol–water partition coefficient (Wildman–Crippen LogP) is 0.354. The number of aliphatic hydroxyl groups excluding tert-OH is 1. The van der Waals surface area contributed by atoms with Crippen molar-refractivity contribution >= 4 is 16.9 Å². The van der Waals surface area contributed by atoms with Crippen LogP contribution in [-0.4, -0.2) is 41.9 Å². The van der Waals surface area contributed by atoms with Gasteiger partial charge in [-0.25, -0.2) is 4.79 Å². The van der Waals surface area contributed by atoms with Gasteiger partial charge in [0.15, 0.2) is 11.2 Å². The highest BCUT2D eigenvalue weighted by Gasteiger charge is 2.20. The van der Waals surface area contributed by atoms with Gasteiger partial charge in [-0.2, -0.15) is 4.98 Å². The van der Waals surface area contributed by atoms with Crippen LogP contribution in [0.4, 0.5) is 0 Å². The highest BCUT2D eigenvalue weighted by atomic mass is 16.5. The smallest absolute Gasteiger partial charge is 0.332 e. The van der Waals surface area contributed by atoms with Gasteiger partial charge in [0, 0.05) is 32.4 Å². The van der Waals surface area contributed by atoms with Crippen molar-refractivity contribution in [3.8, 4) is 17.0 Å². The van der Waals surface area contributed by atoms with Crippen LogP contribution >= 0.6 is 0 Å². The van der Waals surface area contributed by atoms with Crippen LogP contribution in [0.15, 0.2) is 40.1 Å². The molecule has 1 N–H and O–H groups in total. The molecule has 0 aliphatic carbocycles. The number of nitrogens with zero attached hydrogens (tertiary/aromatic N) is 5. The van der Waals surface area contributed by atoms with E-state index in [1.54, 1.807) is 24.8 Å². The molecular formula is C18H19N5O4. The Balaban J connectivity index is 2.12. The largest absolute Gasteiger partial charge is 0.497 e. The topological polar surface area (TPSA) is 95.7 Å². The Labute approximate surface area is 153 Å². The maximum atomic E-state index is 12.7. The van der Waals surface area contributed by atoms with E-state index in [1.165, 1.54) is 11.6 Å². The Morgan fingerprint density at radius 2 is 1.96 bits per heavy atom. The molecule has 1 aromatic carbocycles. The first kappa shape index (κ1) is 17.1. The lowest BCUT2D eigenvalue weighted by atomic mass is 10.1. The number of rotatable bonds is 4. The fourth-order valence-electron chi connectivity index (χ4n) is 3.35. The first-order chi connectivity index (χ1) is 13.0. The van der Waals surface area contributed by atoms with E-state index in [0.29, 0.717) is 29.2 Å². The van der Waals surface area contributed by atoms with Gasteiger partial charge in [0.2, 0.25) is 5.78 Å². The second-order valence-corrected chi connectivity index (χ2v) is 6.28. The summed E-state index contributed by atoms with van der Waals surface area (Å²) in [6, 6.07) is 7.50. The number of hydrogen-bond acceptors (Lipinski definition) is 5. The standard InChI is InChI=1S/C18H19N5O4/c1-20-15-14(16(25)21(2)18(20)26)23-10-13(22(7-8-24)17(23)19-15)11-5-4-6-12(9-11)27-3/h4-6,9-10,24H,7-8H2,1-3H3. The lowest BCUT2D eigenvalue weighted by Crippen LogP contribution is -2.37. The third-order valence-electron chi connectivity index (χ3n) is 4.75. The summed E-state index contributed by atoms with van der Waals surface area (Å²) in [5, 5.41) is 9.54. The molecule has 27 heavy (non-hydrogen) atoms. The zero-order chi connectivity index (χ0) is 19.3. The quantitative estimate of drug-likeness (QED) is 0.560. The van der Waals surface area contributed by atoms with Gasteiger partial charge in [-0.1, -0.05) is 12.1 Å². The molecule has 0 spiro atoms. The number of hydrogen-bond donors (Lipinski definition) is 1. The van der Waals surface area contributed by atoms with Gasteiger partial charge in [-0.05, 0) is 12.1 Å². The van der Waals surface area contributed by atoms with Crippen molar-refractivity contribution in [1.82, 2.24) is 23.1 Å². The first-order valence-corrected chi connectivity index (χ1v) is 8.40. The highest BCUT2D eigenvalue weighted by molar-refractivity contribution is 5.78. The van der Waals surface area contributed by atoms with Crippen molar-refractivity contribution in [2.75, 3.05) is 13.7 Å². The molecule has 3 heterocycles. The predicted molar refractivity (Wildman–Crippen MR) is 100 cm³/mol. The van der Waals surface area contributed by atoms with Gasteiger partial charge in [0.05, 0.1) is 19.4 Å². The molecule has 0 saturated carbocycles. The lowest BCUT2D eigenvalue weighted by Gasteiger charge is -2.08. The SMILES string of the molecule is COc1cccc(-c2cn3c4c(=O)n(C)c(=O)n(C)c4nc3n2CCO)c1. The Morgan fingerprint density at radius 3 is 2.67 bits per heavy atom. The number of methoxy groups -OCH3 is 1. The number of fused-ring (bicyclic) bond motifs is 3. The Kier molecular flexibility index (Phi) is 3.88. The van der Waals surface area contributed by atoms with Crippen molar-refractivity contribution in [3.63, 3.8) is 0 Å². The molecule has 0 amide bonds. The molecule has 4 aromatic rings. The zero-order valence-corrected chi connectivity index (χ0v) is 15.2. The van der Waals surface area contributed by atoms with Crippen LogP contribution in [0.3, 0.4) is 0 Å². The summed E-state index contributed by atoms with van der Waals surface area (Å²) in [7, 11) is 4.61. The zero-order valence-electron chi connectivity index (χ0n) is 15.2. The van der Waals surface area contributed by atoms with E-state index < -0.39 is 11.2 Å². The summed E-state index contributed by atoms with van der Waals surface area (Å²) in [6.45, 7) is 0.197. The maximum Gasteiger partial charge on any atom is 0.332 e. The summed E-state index contributed by atoms with van der Waals surface area (Å²) in [5.74, 6) is 1.18. The molecule has 0 aliphatic rings. The molecule has 4 rings (SSSR count). The minimum absolute atomic E-state index is 0.0958. The van der Waals surface area contributed by atoms with Gasteiger partial charge >= 0.3 is 5.69 Å². The second kappa shape index (κ2) is 6.13. The number of imidazole rings is 2. The number of aliphatic hydroxyl groups is 1. The number of ether oxygens (including phenoxy) is 1. The minimum Gasteiger partial charge on any atom is -0.497 e. The molecule has 3 aromatic heterocycles. The summed E-state index contributed by atoms with van der Waals surface area (Å²) < 4.78 is 11.2. The van der Waals surface area contributed by atoms with Crippen LogP contribution in [0.25, 0.3) is 28.2 Å². The summed E-state index contributed by atoms with van der Waals surface area (Å²) in [6.07, 6.45) is 1.79. The van der Waals surface area contributed by atoms with Gasteiger partial charge in [-0.3, -0.25) is 18.3 Å². The van der Waals surface area contributed by atoms with Crippen molar-refractivity contribution in [2.45, 2.75) is 6.54 Å². The Bertz CT molecular complexity index is 1290. The van der Waals surface area contributed by atoms with Crippen LogP contribution in [0.2, 0.25) is 0 Å². The number of benzene rings is 1. The van der Waals surface area contributed by atoms with Gasteiger partial charge in [-0.15, -0.1) is 0 Å². The molecule has 0 fully saturated rings. The normalized spacial score (nSPS) is 11.6. The third-order valence-corrected chi connectivity index (χ3v) is 4.75. The fraction of sp³-hybridized carbons (Fsp3) is 0.278. The van der Waals surface area contributed by atoms with E-state index in [-0.39, 0.29) is 6.61 Å². The average molecular weight is 369 g/mol. The van der Waals surface area contributed by atoms with Gasteiger partial charge < -0.3 is 14.4 Å². The molecular weight excluding hydrogens is 350 g/mol. The average Bonchev–Trinajstić information content (AvgIpc) is 3.22. The van der Waals surface area contributed by atoms with Crippen molar-refractivity contribution in [1.29, 1.82) is 0 Å². The van der Waals surface area contributed by atoms with Crippen LogP contribution in [0.5, 0.6) is 5.75 Å². The van der Waals surface area contributed by atoms with Crippen LogP contribution in [0.1, 0.15) is 0 Å². The Hall–Kier alpha value is -3.33. The van der Waals surface area contributed by atoms with Gasteiger partial charge in [0.25, 0.3) is 5.56 Å². The van der Waals surface area contributed by atoms with Crippen LogP contribution < -0.4 is 16.0 Å². The van der Waals surface area contributed by atoms with E-state index in [4.69, 9.17) is 4.74 Å². The molecule has 0 unspecified atom stereocenters. The fourth-order valence-corrected chi connectivity index (χ4v) is 3.35. The highest BCUT2D eigenvalue weighted by Crippen LogP contribution is 2.27. The minimum atomic E-state index is -0.435.